The lowest BCUT2D eigenvalue weighted by atomic mass is 10.00. The molecule has 3 heteroatoms. The SMILES string of the molecule is C/C=C\C(=C/C)C1C=CC=C(c2cccc(-n3c4ccccc4c4cc(-c5ccc6c(c5)c5ccccc5n6-c5ccccc5)ccc43)c2)N1. The van der Waals surface area contributed by atoms with Crippen LogP contribution in [-0.4, -0.2) is 15.2 Å². The Morgan fingerprint density at radius 3 is 1.76 bits per heavy atom. The maximum atomic E-state index is 3.76. The number of dihydropyridines is 1. The van der Waals surface area contributed by atoms with Crippen LogP contribution in [0.5, 0.6) is 0 Å². The van der Waals surface area contributed by atoms with E-state index in [1.807, 2.05) is 0 Å². The molecule has 1 unspecified atom stereocenters. The van der Waals surface area contributed by atoms with E-state index in [-0.39, 0.29) is 6.04 Å². The van der Waals surface area contributed by atoms with Crippen molar-refractivity contribution in [3.8, 4) is 22.5 Å². The van der Waals surface area contributed by atoms with Crippen molar-refractivity contribution in [2.24, 2.45) is 0 Å². The number of hydrogen-bond acceptors (Lipinski definition) is 1. The van der Waals surface area contributed by atoms with Crippen molar-refractivity contribution in [2.45, 2.75) is 19.9 Å². The molecular formula is C47H37N3. The fourth-order valence-electron chi connectivity index (χ4n) is 7.72. The van der Waals surface area contributed by atoms with E-state index in [2.05, 4.69) is 204 Å². The Balaban J connectivity index is 1.15. The van der Waals surface area contributed by atoms with Crippen LogP contribution in [0.15, 0.2) is 182 Å². The molecule has 8 aromatic rings. The largest absolute Gasteiger partial charge is 0.374 e. The molecule has 0 amide bonds. The van der Waals surface area contributed by atoms with E-state index in [1.54, 1.807) is 0 Å². The van der Waals surface area contributed by atoms with Crippen molar-refractivity contribution in [2.75, 3.05) is 0 Å². The number of fused-ring (bicyclic) bond motifs is 6. The van der Waals surface area contributed by atoms with Gasteiger partial charge in [-0.1, -0.05) is 109 Å². The highest BCUT2D eigenvalue weighted by Crippen LogP contribution is 2.38. The maximum absolute atomic E-state index is 3.76. The third-order valence-electron chi connectivity index (χ3n) is 10.0. The molecule has 9 rings (SSSR count). The van der Waals surface area contributed by atoms with Crippen LogP contribution < -0.4 is 5.32 Å². The molecular weight excluding hydrogens is 607 g/mol. The molecule has 0 aliphatic carbocycles. The summed E-state index contributed by atoms with van der Waals surface area (Å²) in [5.74, 6) is 0. The zero-order chi connectivity index (χ0) is 33.6. The fraction of sp³-hybridized carbons (Fsp3) is 0.0638. The van der Waals surface area contributed by atoms with Crippen LogP contribution in [0.25, 0.3) is 71.8 Å². The molecule has 1 aliphatic heterocycles. The highest BCUT2D eigenvalue weighted by atomic mass is 15.0. The van der Waals surface area contributed by atoms with Crippen molar-refractivity contribution >= 4 is 49.3 Å². The van der Waals surface area contributed by atoms with Gasteiger partial charge in [0.2, 0.25) is 0 Å². The number of rotatable bonds is 6. The lowest BCUT2D eigenvalue weighted by Crippen LogP contribution is -2.29. The van der Waals surface area contributed by atoms with Gasteiger partial charge in [0, 0.05) is 38.6 Å². The summed E-state index contributed by atoms with van der Waals surface area (Å²) >= 11 is 0. The van der Waals surface area contributed by atoms with Gasteiger partial charge in [-0.05, 0) is 103 Å². The molecule has 3 heterocycles. The van der Waals surface area contributed by atoms with Gasteiger partial charge in [-0.15, -0.1) is 0 Å². The minimum atomic E-state index is 0.139. The Bertz CT molecular complexity index is 2700. The molecule has 0 fully saturated rings. The fourth-order valence-corrected chi connectivity index (χ4v) is 7.72. The molecule has 0 radical (unpaired) electrons. The average molecular weight is 644 g/mol. The molecule has 50 heavy (non-hydrogen) atoms. The summed E-state index contributed by atoms with van der Waals surface area (Å²) in [6, 6.07) is 51.0. The van der Waals surface area contributed by atoms with Crippen LogP contribution in [0.2, 0.25) is 0 Å². The van der Waals surface area contributed by atoms with Gasteiger partial charge in [-0.25, -0.2) is 0 Å². The second kappa shape index (κ2) is 12.3. The third kappa shape index (κ3) is 4.90. The smallest absolute Gasteiger partial charge is 0.0697 e. The molecule has 2 aromatic heterocycles. The minimum absolute atomic E-state index is 0.139. The van der Waals surface area contributed by atoms with E-state index >= 15 is 0 Å². The van der Waals surface area contributed by atoms with Crippen LogP contribution >= 0.6 is 0 Å². The van der Waals surface area contributed by atoms with Gasteiger partial charge in [0.1, 0.15) is 0 Å². The first-order valence-corrected chi connectivity index (χ1v) is 17.4. The third-order valence-corrected chi connectivity index (χ3v) is 10.0. The second-order valence-electron chi connectivity index (χ2n) is 12.9. The molecule has 1 N–H and O–H groups in total. The Kier molecular flexibility index (Phi) is 7.32. The van der Waals surface area contributed by atoms with Gasteiger partial charge in [-0.2, -0.15) is 0 Å². The molecule has 0 bridgehead atoms. The first-order valence-electron chi connectivity index (χ1n) is 17.4. The van der Waals surface area contributed by atoms with Crippen LogP contribution in [0, 0.1) is 0 Å². The Hall–Kier alpha value is -6.32. The molecule has 0 saturated heterocycles. The lowest BCUT2D eigenvalue weighted by Gasteiger charge is -2.23. The van der Waals surface area contributed by atoms with Crippen molar-refractivity contribution < 1.29 is 0 Å². The normalized spacial score (nSPS) is 15.0. The summed E-state index contributed by atoms with van der Waals surface area (Å²) in [4.78, 5) is 0. The van der Waals surface area contributed by atoms with Gasteiger partial charge in [0.15, 0.2) is 0 Å². The standard InChI is InChI=1S/C47H37N3/c1-3-14-32(4-2)42-21-13-22-43(48-42)35-15-12-18-37(29-35)50-45-24-11-9-20-39(45)41-31-34(26-28-47(41)50)33-25-27-46-40(30-33)38-19-8-10-23-44(38)49(46)36-16-6-5-7-17-36/h3-31,42,48H,1-2H3/b14-3-,32-4+. The highest BCUT2D eigenvalue weighted by molar-refractivity contribution is 6.12. The number of benzene rings is 6. The maximum Gasteiger partial charge on any atom is 0.0697 e. The monoisotopic (exact) mass is 643 g/mol. The molecule has 3 nitrogen and oxygen atoms in total. The van der Waals surface area contributed by atoms with Crippen LogP contribution in [0.1, 0.15) is 19.4 Å². The van der Waals surface area contributed by atoms with Crippen LogP contribution in [0.4, 0.5) is 0 Å². The zero-order valence-corrected chi connectivity index (χ0v) is 28.2. The van der Waals surface area contributed by atoms with Gasteiger partial charge >= 0.3 is 0 Å². The molecule has 240 valence electrons. The van der Waals surface area contributed by atoms with E-state index in [0.29, 0.717) is 0 Å². The average Bonchev–Trinajstić information content (AvgIpc) is 3.69. The topological polar surface area (TPSA) is 21.9 Å². The second-order valence-corrected chi connectivity index (χ2v) is 12.9. The Morgan fingerprint density at radius 1 is 0.540 bits per heavy atom. The molecule has 1 atom stereocenters. The number of aromatic nitrogens is 2. The summed E-state index contributed by atoms with van der Waals surface area (Å²) in [5, 5.41) is 8.78. The van der Waals surface area contributed by atoms with Crippen molar-refractivity contribution in [1.82, 2.24) is 14.5 Å². The van der Waals surface area contributed by atoms with E-state index in [4.69, 9.17) is 0 Å². The van der Waals surface area contributed by atoms with Crippen LogP contribution in [-0.2, 0) is 0 Å². The summed E-state index contributed by atoms with van der Waals surface area (Å²) in [5.41, 5.74) is 13.1. The van der Waals surface area contributed by atoms with E-state index in [1.165, 1.54) is 71.6 Å². The highest BCUT2D eigenvalue weighted by Gasteiger charge is 2.18. The Morgan fingerprint density at radius 2 is 1.12 bits per heavy atom. The summed E-state index contributed by atoms with van der Waals surface area (Å²) in [6.45, 7) is 4.16. The predicted octanol–water partition coefficient (Wildman–Crippen LogP) is 11.9. The minimum Gasteiger partial charge on any atom is -0.374 e. The van der Waals surface area contributed by atoms with Crippen molar-refractivity contribution in [1.29, 1.82) is 0 Å². The molecule has 0 spiro atoms. The lowest BCUT2D eigenvalue weighted by molar-refractivity contribution is 0.817. The number of nitrogens with zero attached hydrogens (tertiary/aromatic N) is 2. The number of nitrogens with one attached hydrogen (secondary N) is 1. The first-order chi connectivity index (χ1) is 24.7. The van der Waals surface area contributed by atoms with E-state index in [9.17, 15) is 0 Å². The molecule has 1 aliphatic rings. The molecule has 0 saturated carbocycles. The first kappa shape index (κ1) is 29.8. The summed E-state index contributed by atoms with van der Waals surface area (Å²) in [7, 11) is 0. The Labute approximate surface area is 292 Å². The molecule has 6 aromatic carbocycles. The number of hydrogen-bond donors (Lipinski definition) is 1. The van der Waals surface area contributed by atoms with Gasteiger partial charge in [0.05, 0.1) is 28.1 Å². The summed E-state index contributed by atoms with van der Waals surface area (Å²) in [6.07, 6.45) is 13.0. The van der Waals surface area contributed by atoms with Crippen LogP contribution in [0.3, 0.4) is 0 Å². The number of para-hydroxylation sites is 3. The predicted molar refractivity (Wildman–Crippen MR) is 213 cm³/mol. The van der Waals surface area contributed by atoms with Crippen molar-refractivity contribution in [3.05, 3.63) is 187 Å². The van der Waals surface area contributed by atoms with Crippen molar-refractivity contribution in [3.63, 3.8) is 0 Å². The van der Waals surface area contributed by atoms with E-state index in [0.717, 1.165) is 11.4 Å². The quantitative estimate of drug-likeness (QED) is 0.179. The van der Waals surface area contributed by atoms with E-state index < -0.39 is 0 Å². The zero-order valence-electron chi connectivity index (χ0n) is 28.2. The summed E-state index contributed by atoms with van der Waals surface area (Å²) < 4.78 is 4.78. The van der Waals surface area contributed by atoms with Gasteiger partial charge in [0.25, 0.3) is 0 Å². The number of allylic oxidation sites excluding steroid dienone is 4. The van der Waals surface area contributed by atoms with Gasteiger partial charge in [-0.3, -0.25) is 0 Å². The van der Waals surface area contributed by atoms with Gasteiger partial charge < -0.3 is 14.5 Å².